The highest BCUT2D eigenvalue weighted by Gasteiger charge is 2.39. The number of hydrogen-bond donors (Lipinski definition) is 2. The fraction of sp³-hybridized carbons (Fsp3) is 0.214. The van der Waals surface area contributed by atoms with Crippen molar-refractivity contribution in [2.24, 2.45) is 0 Å². The summed E-state index contributed by atoms with van der Waals surface area (Å²) in [6.45, 7) is 0.600. The van der Waals surface area contributed by atoms with Crippen LogP contribution >= 0.6 is 0 Å². The number of rotatable bonds is 6. The molecular formula is C28H25N3O5. The van der Waals surface area contributed by atoms with Gasteiger partial charge in [-0.3, -0.25) is 24.6 Å². The monoisotopic (exact) mass is 483 g/mol. The molecule has 2 aliphatic rings. The van der Waals surface area contributed by atoms with E-state index in [0.29, 0.717) is 17.5 Å². The Morgan fingerprint density at radius 1 is 0.917 bits per heavy atom. The molecule has 0 spiro atoms. The number of carbonyl (C=O) groups excluding carboxylic acids is 3. The Bertz CT molecular complexity index is 1350. The fourth-order valence-electron chi connectivity index (χ4n) is 4.81. The van der Waals surface area contributed by atoms with Crippen molar-refractivity contribution in [1.29, 1.82) is 0 Å². The molecule has 1 atom stereocenters. The zero-order chi connectivity index (χ0) is 25.2. The first-order valence-electron chi connectivity index (χ1n) is 11.8. The van der Waals surface area contributed by atoms with Gasteiger partial charge >= 0.3 is 6.09 Å². The Labute approximate surface area is 208 Å². The zero-order valence-corrected chi connectivity index (χ0v) is 19.5. The van der Waals surface area contributed by atoms with E-state index in [-0.39, 0.29) is 37.9 Å². The third kappa shape index (κ3) is 4.70. The lowest BCUT2D eigenvalue weighted by Crippen LogP contribution is -2.52. The lowest BCUT2D eigenvalue weighted by Gasteiger charge is -2.29. The number of benzene rings is 3. The maximum absolute atomic E-state index is 13.1. The van der Waals surface area contributed by atoms with Gasteiger partial charge in [0.1, 0.15) is 6.04 Å². The van der Waals surface area contributed by atoms with Crippen LogP contribution in [0.5, 0.6) is 0 Å². The second kappa shape index (κ2) is 9.65. The standard InChI is InChI=1S/C28H25N3O5/c32-25-12-11-24(26(33)29-25)31-17-22-10-9-19(14-23(22)27(31)34)16-30(28(35)36)15-18-5-4-8-21(13-18)20-6-2-1-3-7-20/h1-10,13-14,24H,11-12,15-17H2,(H,35,36)(H,29,32,33). The third-order valence-corrected chi connectivity index (χ3v) is 6.64. The van der Waals surface area contributed by atoms with Crippen molar-refractivity contribution < 1.29 is 24.3 Å². The minimum absolute atomic E-state index is 0.115. The fourth-order valence-corrected chi connectivity index (χ4v) is 4.81. The molecule has 2 N–H and O–H groups in total. The molecule has 1 fully saturated rings. The number of nitrogens with one attached hydrogen (secondary N) is 1. The van der Waals surface area contributed by atoms with Crippen LogP contribution in [0.15, 0.2) is 72.8 Å². The number of hydrogen-bond acceptors (Lipinski definition) is 4. The van der Waals surface area contributed by atoms with Crippen LogP contribution in [0.3, 0.4) is 0 Å². The Morgan fingerprint density at radius 2 is 1.64 bits per heavy atom. The number of piperidine rings is 1. The van der Waals surface area contributed by atoms with Gasteiger partial charge in [0.2, 0.25) is 11.8 Å². The van der Waals surface area contributed by atoms with Gasteiger partial charge in [0, 0.05) is 31.6 Å². The van der Waals surface area contributed by atoms with Crippen molar-refractivity contribution >= 4 is 23.8 Å². The number of nitrogens with zero attached hydrogens (tertiary/aromatic N) is 2. The van der Waals surface area contributed by atoms with E-state index >= 15 is 0 Å². The SMILES string of the molecule is O=C1CCC(N2Cc3ccc(CN(Cc4cccc(-c5ccccc5)c4)C(=O)O)cc3C2=O)C(=O)N1. The van der Waals surface area contributed by atoms with Crippen LogP contribution in [-0.2, 0) is 29.2 Å². The van der Waals surface area contributed by atoms with Crippen molar-refractivity contribution in [2.75, 3.05) is 0 Å². The van der Waals surface area contributed by atoms with Crippen LogP contribution in [0.4, 0.5) is 4.79 Å². The van der Waals surface area contributed by atoms with Gasteiger partial charge in [-0.25, -0.2) is 4.79 Å². The minimum Gasteiger partial charge on any atom is -0.465 e. The molecule has 0 bridgehead atoms. The molecule has 36 heavy (non-hydrogen) atoms. The van der Waals surface area contributed by atoms with E-state index in [4.69, 9.17) is 0 Å². The quantitative estimate of drug-likeness (QED) is 0.519. The molecule has 0 aliphatic carbocycles. The highest BCUT2D eigenvalue weighted by molar-refractivity contribution is 6.05. The summed E-state index contributed by atoms with van der Waals surface area (Å²) in [7, 11) is 0. The molecule has 8 nitrogen and oxygen atoms in total. The van der Waals surface area contributed by atoms with Gasteiger partial charge in [-0.05, 0) is 46.4 Å². The molecule has 2 aliphatic heterocycles. The average Bonchev–Trinajstić information content (AvgIpc) is 3.20. The smallest absolute Gasteiger partial charge is 0.407 e. The summed E-state index contributed by atoms with van der Waals surface area (Å²) in [4.78, 5) is 51.7. The first kappa shape index (κ1) is 23.3. The summed E-state index contributed by atoms with van der Waals surface area (Å²) in [6.07, 6.45) is -0.565. The van der Waals surface area contributed by atoms with Gasteiger partial charge in [-0.2, -0.15) is 0 Å². The zero-order valence-electron chi connectivity index (χ0n) is 19.5. The Morgan fingerprint density at radius 3 is 2.36 bits per heavy atom. The van der Waals surface area contributed by atoms with Gasteiger partial charge in [-0.1, -0.05) is 60.7 Å². The van der Waals surface area contributed by atoms with E-state index in [2.05, 4.69) is 5.32 Å². The summed E-state index contributed by atoms with van der Waals surface area (Å²) >= 11 is 0. The molecule has 4 amide bonds. The first-order valence-corrected chi connectivity index (χ1v) is 11.8. The van der Waals surface area contributed by atoms with E-state index in [1.54, 1.807) is 6.07 Å². The summed E-state index contributed by atoms with van der Waals surface area (Å²) < 4.78 is 0. The summed E-state index contributed by atoms with van der Waals surface area (Å²) in [6, 6.07) is 22.3. The van der Waals surface area contributed by atoms with Gasteiger partial charge in [-0.15, -0.1) is 0 Å². The van der Waals surface area contributed by atoms with E-state index in [9.17, 15) is 24.3 Å². The second-order valence-electron chi connectivity index (χ2n) is 9.10. The summed E-state index contributed by atoms with van der Waals surface area (Å²) in [5.41, 5.74) is 4.86. The number of fused-ring (bicyclic) bond motifs is 1. The van der Waals surface area contributed by atoms with Crippen molar-refractivity contribution in [3.8, 4) is 11.1 Å². The second-order valence-corrected chi connectivity index (χ2v) is 9.10. The highest BCUT2D eigenvalue weighted by atomic mass is 16.4. The third-order valence-electron chi connectivity index (χ3n) is 6.64. The van der Waals surface area contributed by atoms with Gasteiger partial charge in [0.05, 0.1) is 0 Å². The number of carboxylic acid groups (broad SMARTS) is 1. The maximum atomic E-state index is 13.1. The van der Waals surface area contributed by atoms with Crippen molar-refractivity contribution in [2.45, 2.75) is 38.5 Å². The Hall–Kier alpha value is -4.46. The Balaban J connectivity index is 1.32. The van der Waals surface area contributed by atoms with E-state index in [0.717, 1.165) is 22.3 Å². The normalized spacial score (nSPS) is 17.1. The van der Waals surface area contributed by atoms with Gasteiger partial charge in [0.25, 0.3) is 5.91 Å². The van der Waals surface area contributed by atoms with E-state index in [1.165, 1.54) is 9.80 Å². The summed E-state index contributed by atoms with van der Waals surface area (Å²) in [5, 5.41) is 12.2. The molecule has 0 aromatic heterocycles. The van der Waals surface area contributed by atoms with Crippen LogP contribution < -0.4 is 5.32 Å². The number of amides is 4. The van der Waals surface area contributed by atoms with Crippen LogP contribution in [0, 0.1) is 0 Å². The van der Waals surface area contributed by atoms with Crippen LogP contribution in [0.1, 0.15) is 39.9 Å². The average molecular weight is 484 g/mol. The highest BCUT2D eigenvalue weighted by Crippen LogP contribution is 2.29. The Kier molecular flexibility index (Phi) is 6.25. The lowest BCUT2D eigenvalue weighted by molar-refractivity contribution is -0.136. The molecule has 8 heteroatoms. The largest absolute Gasteiger partial charge is 0.465 e. The van der Waals surface area contributed by atoms with E-state index in [1.807, 2.05) is 66.7 Å². The molecule has 182 valence electrons. The first-order chi connectivity index (χ1) is 17.4. The molecule has 1 saturated heterocycles. The summed E-state index contributed by atoms with van der Waals surface area (Å²) in [5.74, 6) is -1.06. The molecular weight excluding hydrogens is 458 g/mol. The predicted octanol–water partition coefficient (Wildman–Crippen LogP) is 3.79. The van der Waals surface area contributed by atoms with Crippen LogP contribution in [-0.4, -0.2) is 44.8 Å². The van der Waals surface area contributed by atoms with Crippen molar-refractivity contribution in [3.05, 3.63) is 95.1 Å². The maximum Gasteiger partial charge on any atom is 0.407 e. The lowest BCUT2D eigenvalue weighted by atomic mass is 10.0. The number of imide groups is 1. The predicted molar refractivity (Wildman–Crippen MR) is 132 cm³/mol. The van der Waals surface area contributed by atoms with Crippen LogP contribution in [0.25, 0.3) is 11.1 Å². The van der Waals surface area contributed by atoms with E-state index < -0.39 is 18.0 Å². The molecule has 1 unspecified atom stereocenters. The topological polar surface area (TPSA) is 107 Å². The van der Waals surface area contributed by atoms with Crippen LogP contribution in [0.2, 0.25) is 0 Å². The van der Waals surface area contributed by atoms with Gasteiger partial charge < -0.3 is 10.0 Å². The minimum atomic E-state index is -1.06. The molecule has 5 rings (SSSR count). The number of carbonyl (C=O) groups is 4. The van der Waals surface area contributed by atoms with Gasteiger partial charge in [0.15, 0.2) is 0 Å². The van der Waals surface area contributed by atoms with Crippen molar-refractivity contribution in [1.82, 2.24) is 15.1 Å². The molecule has 2 heterocycles. The molecule has 0 radical (unpaired) electrons. The molecule has 3 aromatic carbocycles. The van der Waals surface area contributed by atoms with Crippen molar-refractivity contribution in [3.63, 3.8) is 0 Å². The molecule has 3 aromatic rings. The molecule has 0 saturated carbocycles.